The van der Waals surface area contributed by atoms with Crippen molar-refractivity contribution in [2.45, 2.75) is 35.6 Å². The van der Waals surface area contributed by atoms with Gasteiger partial charge in [-0.1, -0.05) is 6.07 Å². The number of thioether (sulfide) groups is 1. The second-order valence-electron chi connectivity index (χ2n) is 5.00. The van der Waals surface area contributed by atoms with Crippen LogP contribution >= 0.6 is 23.1 Å². The first-order valence-corrected chi connectivity index (χ1v) is 8.23. The van der Waals surface area contributed by atoms with E-state index in [-0.39, 0.29) is 23.9 Å². The van der Waals surface area contributed by atoms with Gasteiger partial charge in [0.1, 0.15) is 0 Å². The maximum atomic E-state index is 12.3. The second-order valence-corrected chi connectivity index (χ2v) is 7.22. The van der Waals surface area contributed by atoms with Crippen LogP contribution in [0.25, 0.3) is 0 Å². The van der Waals surface area contributed by atoms with Gasteiger partial charge in [-0.15, -0.1) is 23.1 Å². The highest BCUT2D eigenvalue weighted by molar-refractivity contribution is 8.01. The van der Waals surface area contributed by atoms with Crippen LogP contribution in [0, 0.1) is 5.92 Å². The number of amides is 1. The van der Waals surface area contributed by atoms with Crippen LogP contribution in [0.15, 0.2) is 21.7 Å². The van der Waals surface area contributed by atoms with E-state index in [1.807, 2.05) is 22.4 Å². The quantitative estimate of drug-likeness (QED) is 0.866. The topological polar surface area (TPSA) is 57.6 Å². The molecule has 0 radical (unpaired) electrons. The van der Waals surface area contributed by atoms with Gasteiger partial charge in [-0.3, -0.25) is 9.59 Å². The van der Waals surface area contributed by atoms with E-state index in [4.69, 9.17) is 0 Å². The number of aliphatic carboxylic acids is 1. The number of hydrogen-bond donors (Lipinski definition) is 1. The Hall–Kier alpha value is -1.01. The molecule has 2 saturated heterocycles. The molecule has 1 amide bonds. The fraction of sp³-hybridized carbons (Fsp3) is 0.538. The Balaban J connectivity index is 1.63. The summed E-state index contributed by atoms with van der Waals surface area (Å²) in [5, 5.41) is 11.2. The van der Waals surface area contributed by atoms with Crippen molar-refractivity contribution in [1.29, 1.82) is 0 Å². The molecule has 0 aromatic carbocycles. The van der Waals surface area contributed by atoms with Crippen LogP contribution in [0.5, 0.6) is 0 Å². The number of carbonyl (C=O) groups is 2. The first-order chi connectivity index (χ1) is 9.16. The van der Waals surface area contributed by atoms with Crippen LogP contribution in [0.4, 0.5) is 0 Å². The highest BCUT2D eigenvalue weighted by atomic mass is 32.2. The summed E-state index contributed by atoms with van der Waals surface area (Å²) in [5.41, 5.74) is 0. The molecule has 1 aromatic heterocycles. The maximum absolute atomic E-state index is 12.3. The minimum absolute atomic E-state index is 0.0704. The van der Waals surface area contributed by atoms with Gasteiger partial charge < -0.3 is 10.0 Å². The van der Waals surface area contributed by atoms with Gasteiger partial charge in [0, 0.05) is 12.1 Å². The Morgan fingerprint density at radius 1 is 1.47 bits per heavy atom. The van der Waals surface area contributed by atoms with Gasteiger partial charge in [0.2, 0.25) is 5.91 Å². The number of carbonyl (C=O) groups excluding carboxylic acids is 1. The molecule has 2 fully saturated rings. The number of rotatable bonds is 4. The van der Waals surface area contributed by atoms with Crippen molar-refractivity contribution in [2.75, 3.05) is 5.75 Å². The average molecular weight is 297 g/mol. The Bertz CT molecular complexity index is 488. The summed E-state index contributed by atoms with van der Waals surface area (Å²) < 4.78 is 1.13. The van der Waals surface area contributed by atoms with Gasteiger partial charge in [0.15, 0.2) is 0 Å². The SMILES string of the molecule is O=C(O)C1CC2CCC1N2C(=O)CSc1cccs1. The lowest BCUT2D eigenvalue weighted by Crippen LogP contribution is -2.38. The molecule has 3 rings (SSSR count). The molecule has 1 N–H and O–H groups in total. The molecule has 6 heteroatoms. The molecule has 3 atom stereocenters. The molecule has 19 heavy (non-hydrogen) atoms. The average Bonchev–Trinajstić information content (AvgIpc) is 3.11. The molecule has 102 valence electrons. The molecular weight excluding hydrogens is 282 g/mol. The van der Waals surface area contributed by atoms with Crippen molar-refractivity contribution in [3.63, 3.8) is 0 Å². The van der Waals surface area contributed by atoms with E-state index in [9.17, 15) is 14.7 Å². The zero-order valence-corrected chi connectivity index (χ0v) is 12.0. The summed E-state index contributed by atoms with van der Waals surface area (Å²) in [4.78, 5) is 25.3. The van der Waals surface area contributed by atoms with Crippen LogP contribution in [-0.4, -0.2) is 39.7 Å². The third kappa shape index (κ3) is 2.39. The van der Waals surface area contributed by atoms with Crippen molar-refractivity contribution in [3.8, 4) is 0 Å². The molecule has 0 aliphatic carbocycles. The molecule has 0 spiro atoms. The van der Waals surface area contributed by atoms with Gasteiger partial charge in [-0.2, -0.15) is 0 Å². The van der Waals surface area contributed by atoms with E-state index < -0.39 is 5.97 Å². The van der Waals surface area contributed by atoms with Gasteiger partial charge in [0.05, 0.1) is 15.9 Å². The summed E-state index contributed by atoms with van der Waals surface area (Å²) >= 11 is 3.17. The predicted molar refractivity (Wildman–Crippen MR) is 74.4 cm³/mol. The summed E-state index contributed by atoms with van der Waals surface area (Å²) in [6, 6.07) is 4.06. The first kappa shape index (κ1) is 13.0. The fourth-order valence-electron chi connectivity index (χ4n) is 3.20. The van der Waals surface area contributed by atoms with Crippen molar-refractivity contribution in [3.05, 3.63) is 17.5 Å². The molecule has 3 unspecified atom stereocenters. The number of carboxylic acid groups (broad SMARTS) is 1. The van der Waals surface area contributed by atoms with Crippen LogP contribution in [0.2, 0.25) is 0 Å². The zero-order valence-electron chi connectivity index (χ0n) is 10.3. The second kappa shape index (κ2) is 5.17. The third-order valence-electron chi connectivity index (χ3n) is 3.97. The maximum Gasteiger partial charge on any atom is 0.308 e. The Kier molecular flexibility index (Phi) is 3.54. The minimum Gasteiger partial charge on any atom is -0.481 e. The van der Waals surface area contributed by atoms with E-state index in [0.29, 0.717) is 12.2 Å². The fourth-order valence-corrected chi connectivity index (χ4v) is 4.85. The van der Waals surface area contributed by atoms with Crippen LogP contribution < -0.4 is 0 Å². The van der Waals surface area contributed by atoms with Crippen molar-refractivity contribution < 1.29 is 14.7 Å². The number of carboxylic acids is 1. The summed E-state index contributed by atoms with van der Waals surface area (Å²) in [7, 11) is 0. The Morgan fingerprint density at radius 3 is 2.95 bits per heavy atom. The molecule has 2 bridgehead atoms. The predicted octanol–water partition coefficient (Wildman–Crippen LogP) is 2.30. The molecular formula is C13H15NO3S2. The van der Waals surface area contributed by atoms with Crippen molar-refractivity contribution in [2.24, 2.45) is 5.92 Å². The van der Waals surface area contributed by atoms with Gasteiger partial charge >= 0.3 is 5.97 Å². The lowest BCUT2D eigenvalue weighted by molar-refractivity contribution is -0.143. The Labute approximate surface area is 119 Å². The van der Waals surface area contributed by atoms with E-state index in [0.717, 1.165) is 17.1 Å². The minimum atomic E-state index is -0.754. The highest BCUT2D eigenvalue weighted by Gasteiger charge is 2.50. The number of nitrogens with zero attached hydrogens (tertiary/aromatic N) is 1. The third-order valence-corrected chi connectivity index (χ3v) is 6.09. The normalized spacial score (nSPS) is 28.8. The van der Waals surface area contributed by atoms with E-state index in [2.05, 4.69) is 0 Å². The monoisotopic (exact) mass is 297 g/mol. The van der Waals surface area contributed by atoms with Crippen molar-refractivity contribution in [1.82, 2.24) is 4.90 Å². The van der Waals surface area contributed by atoms with Crippen LogP contribution in [-0.2, 0) is 9.59 Å². The molecule has 2 aliphatic rings. The van der Waals surface area contributed by atoms with Gasteiger partial charge in [-0.25, -0.2) is 0 Å². The standard InChI is InChI=1S/C13H15NO3S2/c15-11(7-19-12-2-1-5-18-12)14-8-3-4-10(14)9(6-8)13(16)17/h1-2,5,8-10H,3-4,6-7H2,(H,16,17). The number of thiophene rings is 1. The van der Waals surface area contributed by atoms with E-state index in [1.54, 1.807) is 23.1 Å². The summed E-state index contributed by atoms with van der Waals surface area (Å²) in [5.74, 6) is -0.597. The lowest BCUT2D eigenvalue weighted by atomic mass is 9.89. The van der Waals surface area contributed by atoms with Gasteiger partial charge in [-0.05, 0) is 30.7 Å². The number of fused-ring (bicyclic) bond motifs is 2. The van der Waals surface area contributed by atoms with Crippen molar-refractivity contribution >= 4 is 35.0 Å². The Morgan fingerprint density at radius 2 is 2.32 bits per heavy atom. The van der Waals surface area contributed by atoms with E-state index in [1.165, 1.54) is 0 Å². The first-order valence-electron chi connectivity index (χ1n) is 6.37. The summed E-state index contributed by atoms with van der Waals surface area (Å²) in [6.45, 7) is 0. The molecule has 1 aromatic rings. The highest BCUT2D eigenvalue weighted by Crippen LogP contribution is 2.42. The zero-order chi connectivity index (χ0) is 13.4. The van der Waals surface area contributed by atoms with Gasteiger partial charge in [0.25, 0.3) is 0 Å². The molecule has 3 heterocycles. The number of hydrogen-bond acceptors (Lipinski definition) is 4. The van der Waals surface area contributed by atoms with E-state index >= 15 is 0 Å². The summed E-state index contributed by atoms with van der Waals surface area (Å²) in [6.07, 6.45) is 2.44. The molecule has 4 nitrogen and oxygen atoms in total. The smallest absolute Gasteiger partial charge is 0.308 e. The molecule has 2 aliphatic heterocycles. The molecule has 0 saturated carbocycles. The van der Waals surface area contributed by atoms with Crippen LogP contribution in [0.1, 0.15) is 19.3 Å². The largest absolute Gasteiger partial charge is 0.481 e. The lowest BCUT2D eigenvalue weighted by Gasteiger charge is -2.22. The van der Waals surface area contributed by atoms with Crippen LogP contribution in [0.3, 0.4) is 0 Å².